The smallest absolute Gasteiger partial charge is 0.227 e. The van der Waals surface area contributed by atoms with Crippen molar-refractivity contribution in [3.05, 3.63) is 40.7 Å². The maximum absolute atomic E-state index is 6.84. The Morgan fingerprint density at radius 1 is 1.17 bits per heavy atom. The van der Waals surface area contributed by atoms with Crippen molar-refractivity contribution in [3.63, 3.8) is 0 Å². The molecule has 1 heterocycles. The summed E-state index contributed by atoms with van der Waals surface area (Å²) < 4.78 is 0. The maximum Gasteiger partial charge on any atom is 0.227 e. The molecule has 0 radical (unpaired) electrons. The molecule has 0 unspecified atom stereocenters. The summed E-state index contributed by atoms with van der Waals surface area (Å²) in [5.41, 5.74) is 4.13. The quantitative estimate of drug-likeness (QED) is 0.755. The molecular weight excluding hydrogens is 222 g/mol. The van der Waals surface area contributed by atoms with Crippen LogP contribution in [-0.2, 0) is 0 Å². The molecule has 0 bridgehead atoms. The van der Waals surface area contributed by atoms with Crippen LogP contribution in [0.3, 0.4) is 0 Å². The van der Waals surface area contributed by atoms with Gasteiger partial charge in [0.2, 0.25) is 6.54 Å². The average Bonchev–Trinajstić information content (AvgIpc) is 2.40. The van der Waals surface area contributed by atoms with E-state index in [0.717, 1.165) is 32.7 Å². The Balaban J connectivity index is 1.97. The minimum Gasteiger partial charge on any atom is -0.369 e. The van der Waals surface area contributed by atoms with Crippen LogP contribution in [-0.4, -0.2) is 44.2 Å². The summed E-state index contributed by atoms with van der Waals surface area (Å²) in [5.74, 6) is 0. The molecule has 1 aliphatic rings. The summed E-state index contributed by atoms with van der Waals surface area (Å²) in [6.45, 7) is 17.0. The third kappa shape index (κ3) is 2.83. The molecule has 1 aliphatic heterocycles. The fourth-order valence-electron chi connectivity index (χ4n) is 2.48. The predicted molar refractivity (Wildman–Crippen MR) is 76.0 cm³/mol. The Labute approximate surface area is 110 Å². The number of benzene rings is 1. The molecule has 3 heteroatoms. The number of rotatable bonds is 3. The van der Waals surface area contributed by atoms with Crippen LogP contribution in [0.1, 0.15) is 11.1 Å². The lowest BCUT2D eigenvalue weighted by atomic mass is 10.1. The Bertz CT molecular complexity index is 440. The molecule has 0 atom stereocenters. The molecule has 1 fully saturated rings. The van der Waals surface area contributed by atoms with Gasteiger partial charge in [0.25, 0.3) is 0 Å². The van der Waals surface area contributed by atoms with Gasteiger partial charge in [-0.2, -0.15) is 0 Å². The topological polar surface area (TPSA) is 10.8 Å². The van der Waals surface area contributed by atoms with E-state index in [-0.39, 0.29) is 0 Å². The van der Waals surface area contributed by atoms with Gasteiger partial charge in [0.1, 0.15) is 0 Å². The van der Waals surface area contributed by atoms with Gasteiger partial charge < -0.3 is 9.74 Å². The number of anilines is 1. The lowest BCUT2D eigenvalue weighted by Gasteiger charge is -2.36. The van der Waals surface area contributed by atoms with Crippen LogP contribution >= 0.6 is 0 Å². The van der Waals surface area contributed by atoms with E-state index in [9.17, 15) is 0 Å². The molecule has 1 aromatic carbocycles. The van der Waals surface area contributed by atoms with E-state index >= 15 is 0 Å². The van der Waals surface area contributed by atoms with Crippen LogP contribution in [0, 0.1) is 20.4 Å². The number of piperazine rings is 1. The first kappa shape index (κ1) is 12.9. The summed E-state index contributed by atoms with van der Waals surface area (Å²) in [7, 11) is 0. The molecular formula is C15H21N3. The Hall–Kier alpha value is -1.53. The molecule has 1 aromatic rings. The molecule has 0 aromatic heterocycles. The molecule has 0 aliphatic carbocycles. The Morgan fingerprint density at radius 2 is 1.89 bits per heavy atom. The molecule has 3 nitrogen and oxygen atoms in total. The highest BCUT2D eigenvalue weighted by molar-refractivity contribution is 5.56. The fourth-order valence-corrected chi connectivity index (χ4v) is 2.48. The number of hydrogen-bond acceptors (Lipinski definition) is 2. The average molecular weight is 243 g/mol. The van der Waals surface area contributed by atoms with Crippen molar-refractivity contribution in [2.75, 3.05) is 44.2 Å². The number of aryl methyl sites for hydroxylation is 1. The van der Waals surface area contributed by atoms with Gasteiger partial charge in [-0.1, -0.05) is 12.1 Å². The highest BCUT2D eigenvalue weighted by atomic mass is 15.3. The zero-order valence-electron chi connectivity index (χ0n) is 11.3. The van der Waals surface area contributed by atoms with Crippen LogP contribution < -0.4 is 4.90 Å². The first-order valence-electron chi connectivity index (χ1n) is 6.59. The van der Waals surface area contributed by atoms with Crippen molar-refractivity contribution in [2.45, 2.75) is 13.8 Å². The van der Waals surface area contributed by atoms with Crippen molar-refractivity contribution in [1.82, 2.24) is 4.90 Å². The molecule has 0 N–H and O–H groups in total. The van der Waals surface area contributed by atoms with Crippen molar-refractivity contribution in [3.8, 4) is 0 Å². The third-order valence-corrected chi connectivity index (χ3v) is 3.82. The summed E-state index contributed by atoms with van der Waals surface area (Å²) in [4.78, 5) is 8.28. The van der Waals surface area contributed by atoms with Gasteiger partial charge in [-0.25, -0.2) is 6.57 Å². The molecule has 0 saturated carbocycles. The summed E-state index contributed by atoms with van der Waals surface area (Å²) in [6, 6.07) is 6.53. The van der Waals surface area contributed by atoms with Crippen molar-refractivity contribution in [2.24, 2.45) is 0 Å². The SMILES string of the molecule is [C-]#[N+]CCN1CCN(c2cccc(C)c2C)CC1. The number of hydrogen-bond donors (Lipinski definition) is 0. The van der Waals surface area contributed by atoms with E-state index in [2.05, 4.69) is 46.7 Å². The second-order valence-corrected chi connectivity index (χ2v) is 4.93. The highest BCUT2D eigenvalue weighted by Crippen LogP contribution is 2.23. The minimum atomic E-state index is 0.628. The van der Waals surface area contributed by atoms with Gasteiger partial charge >= 0.3 is 0 Å². The molecule has 2 rings (SSSR count). The molecule has 1 saturated heterocycles. The normalized spacial score (nSPS) is 16.6. The summed E-state index contributed by atoms with van der Waals surface area (Å²) in [5, 5.41) is 0. The Morgan fingerprint density at radius 3 is 2.56 bits per heavy atom. The van der Waals surface area contributed by atoms with Gasteiger partial charge in [0.05, 0.1) is 6.54 Å². The van der Waals surface area contributed by atoms with Gasteiger partial charge in [0.15, 0.2) is 0 Å². The van der Waals surface area contributed by atoms with Gasteiger partial charge in [0, 0.05) is 31.9 Å². The minimum absolute atomic E-state index is 0.628. The zero-order valence-corrected chi connectivity index (χ0v) is 11.3. The lowest BCUT2D eigenvalue weighted by molar-refractivity contribution is 0.269. The fraction of sp³-hybridized carbons (Fsp3) is 0.533. The van der Waals surface area contributed by atoms with Crippen LogP contribution in [0.5, 0.6) is 0 Å². The van der Waals surface area contributed by atoms with E-state index in [1.165, 1.54) is 16.8 Å². The van der Waals surface area contributed by atoms with Crippen molar-refractivity contribution in [1.29, 1.82) is 0 Å². The van der Waals surface area contributed by atoms with Gasteiger partial charge in [-0.05, 0) is 31.0 Å². The predicted octanol–water partition coefficient (Wildman–Crippen LogP) is 2.34. The van der Waals surface area contributed by atoms with Crippen LogP contribution in [0.2, 0.25) is 0 Å². The van der Waals surface area contributed by atoms with Crippen molar-refractivity contribution >= 4 is 5.69 Å². The van der Waals surface area contributed by atoms with Crippen LogP contribution in [0.25, 0.3) is 4.85 Å². The van der Waals surface area contributed by atoms with E-state index in [1.807, 2.05) is 0 Å². The molecule has 0 spiro atoms. The second-order valence-electron chi connectivity index (χ2n) is 4.93. The third-order valence-electron chi connectivity index (χ3n) is 3.82. The van der Waals surface area contributed by atoms with E-state index in [1.54, 1.807) is 0 Å². The monoisotopic (exact) mass is 243 g/mol. The summed E-state index contributed by atoms with van der Waals surface area (Å²) >= 11 is 0. The second kappa shape index (κ2) is 5.88. The van der Waals surface area contributed by atoms with Crippen LogP contribution in [0.15, 0.2) is 18.2 Å². The standard InChI is InChI=1S/C15H21N3/c1-13-5-4-6-15(14(13)2)18-11-9-17(10-12-18)8-7-16-3/h4-6H,7-12H2,1-2H3. The maximum atomic E-state index is 6.84. The Kier molecular flexibility index (Phi) is 4.22. The van der Waals surface area contributed by atoms with Crippen LogP contribution in [0.4, 0.5) is 5.69 Å². The van der Waals surface area contributed by atoms with E-state index in [4.69, 9.17) is 6.57 Å². The van der Waals surface area contributed by atoms with Crippen molar-refractivity contribution < 1.29 is 0 Å². The molecule has 96 valence electrons. The molecule has 18 heavy (non-hydrogen) atoms. The largest absolute Gasteiger partial charge is 0.369 e. The van der Waals surface area contributed by atoms with Gasteiger partial charge in [-0.3, -0.25) is 4.90 Å². The van der Waals surface area contributed by atoms with Gasteiger partial charge in [-0.15, -0.1) is 0 Å². The first-order valence-corrected chi connectivity index (χ1v) is 6.59. The highest BCUT2D eigenvalue weighted by Gasteiger charge is 2.18. The first-order chi connectivity index (χ1) is 8.72. The lowest BCUT2D eigenvalue weighted by Crippen LogP contribution is -2.47. The number of nitrogens with zero attached hydrogens (tertiary/aromatic N) is 3. The van der Waals surface area contributed by atoms with E-state index in [0.29, 0.717) is 6.54 Å². The molecule has 0 amide bonds. The zero-order chi connectivity index (χ0) is 13.0. The summed E-state index contributed by atoms with van der Waals surface area (Å²) in [6.07, 6.45) is 0. The van der Waals surface area contributed by atoms with E-state index < -0.39 is 0 Å².